The Bertz CT molecular complexity index is 869. The van der Waals surface area contributed by atoms with Crippen LogP contribution >= 0.6 is 0 Å². The standard InChI is InChI=1S/C25H33NO5/c1-18(27)25(2)17-26(24(28)30-4)16-21(25)20-12-13-22(29-3)23(15-20)31-14-8-11-19-9-6-5-7-10-19/h5-7,9-10,12-13,15,18,21,27H,8,11,14,16-17H2,1-4H3/t18-,21-,25-/m0/s1. The number of aliphatic hydroxyl groups is 1. The molecule has 3 atom stereocenters. The zero-order chi connectivity index (χ0) is 22.4. The minimum Gasteiger partial charge on any atom is -0.493 e. The number of carbonyl (C=O) groups is 1. The van der Waals surface area contributed by atoms with Gasteiger partial charge in [0.1, 0.15) is 0 Å². The van der Waals surface area contributed by atoms with Gasteiger partial charge in [0.05, 0.1) is 26.9 Å². The second kappa shape index (κ2) is 10.1. The number of amides is 1. The molecule has 0 saturated carbocycles. The molecule has 0 aromatic heterocycles. The molecule has 2 aromatic carbocycles. The van der Waals surface area contributed by atoms with Gasteiger partial charge in [0.2, 0.25) is 0 Å². The van der Waals surface area contributed by atoms with Crippen LogP contribution in [0.5, 0.6) is 11.5 Å². The quantitative estimate of drug-likeness (QED) is 0.638. The van der Waals surface area contributed by atoms with Crippen molar-refractivity contribution in [1.29, 1.82) is 0 Å². The second-order valence-electron chi connectivity index (χ2n) is 8.43. The van der Waals surface area contributed by atoms with E-state index in [1.165, 1.54) is 12.7 Å². The van der Waals surface area contributed by atoms with Crippen LogP contribution in [0.1, 0.15) is 37.3 Å². The minimum atomic E-state index is -0.593. The molecule has 1 aliphatic rings. The lowest BCUT2D eigenvalue weighted by atomic mass is 9.72. The van der Waals surface area contributed by atoms with Crippen molar-refractivity contribution in [3.05, 3.63) is 59.7 Å². The van der Waals surface area contributed by atoms with E-state index in [1.54, 1.807) is 18.9 Å². The number of aliphatic hydroxyl groups excluding tert-OH is 1. The first-order valence-electron chi connectivity index (χ1n) is 10.7. The molecule has 1 fully saturated rings. The molecule has 1 heterocycles. The zero-order valence-corrected chi connectivity index (χ0v) is 18.8. The lowest BCUT2D eigenvalue weighted by Gasteiger charge is -2.33. The first kappa shape index (κ1) is 22.9. The van der Waals surface area contributed by atoms with Gasteiger partial charge in [-0.25, -0.2) is 4.79 Å². The number of rotatable bonds is 8. The highest BCUT2D eigenvalue weighted by Gasteiger charge is 2.48. The molecule has 1 saturated heterocycles. The Kier molecular flexibility index (Phi) is 7.44. The third kappa shape index (κ3) is 5.13. The molecule has 6 heteroatoms. The Balaban J connectivity index is 1.75. The van der Waals surface area contributed by atoms with Crippen LogP contribution in [0, 0.1) is 5.41 Å². The summed E-state index contributed by atoms with van der Waals surface area (Å²) in [5.74, 6) is 1.30. The van der Waals surface area contributed by atoms with Gasteiger partial charge in [-0.15, -0.1) is 0 Å². The summed E-state index contributed by atoms with van der Waals surface area (Å²) in [4.78, 5) is 13.8. The zero-order valence-electron chi connectivity index (χ0n) is 18.8. The monoisotopic (exact) mass is 427 g/mol. The summed E-state index contributed by atoms with van der Waals surface area (Å²) in [6.45, 7) is 5.27. The molecule has 0 aliphatic carbocycles. The van der Waals surface area contributed by atoms with E-state index in [2.05, 4.69) is 12.1 Å². The highest BCUT2D eigenvalue weighted by Crippen LogP contribution is 2.47. The van der Waals surface area contributed by atoms with E-state index in [-0.39, 0.29) is 12.0 Å². The Morgan fingerprint density at radius 3 is 2.58 bits per heavy atom. The predicted molar refractivity (Wildman–Crippen MR) is 120 cm³/mol. The van der Waals surface area contributed by atoms with E-state index in [4.69, 9.17) is 14.2 Å². The Morgan fingerprint density at radius 1 is 1.19 bits per heavy atom. The Morgan fingerprint density at radius 2 is 1.94 bits per heavy atom. The number of methoxy groups -OCH3 is 2. The molecule has 0 bridgehead atoms. The molecule has 168 valence electrons. The van der Waals surface area contributed by atoms with Crippen LogP contribution < -0.4 is 9.47 Å². The van der Waals surface area contributed by atoms with Crippen LogP contribution in [-0.2, 0) is 11.2 Å². The highest BCUT2D eigenvalue weighted by atomic mass is 16.5. The Labute approximate surface area is 184 Å². The first-order chi connectivity index (χ1) is 14.9. The smallest absolute Gasteiger partial charge is 0.409 e. The summed E-state index contributed by atoms with van der Waals surface area (Å²) in [5, 5.41) is 10.5. The average molecular weight is 428 g/mol. The van der Waals surface area contributed by atoms with E-state index < -0.39 is 11.5 Å². The van der Waals surface area contributed by atoms with Gasteiger partial charge in [-0.3, -0.25) is 0 Å². The van der Waals surface area contributed by atoms with E-state index >= 15 is 0 Å². The molecule has 6 nitrogen and oxygen atoms in total. The van der Waals surface area contributed by atoms with Gasteiger partial charge in [-0.1, -0.05) is 43.3 Å². The summed E-state index contributed by atoms with van der Waals surface area (Å²) in [6.07, 6.45) is 0.868. The van der Waals surface area contributed by atoms with Crippen molar-refractivity contribution < 1.29 is 24.1 Å². The fraction of sp³-hybridized carbons (Fsp3) is 0.480. The number of ether oxygens (including phenoxy) is 3. The summed E-state index contributed by atoms with van der Waals surface area (Å²) < 4.78 is 16.5. The maximum absolute atomic E-state index is 12.1. The molecule has 1 amide bonds. The van der Waals surface area contributed by atoms with Gasteiger partial charge in [0, 0.05) is 24.4 Å². The fourth-order valence-corrected chi connectivity index (χ4v) is 4.32. The van der Waals surface area contributed by atoms with Crippen molar-refractivity contribution in [3.63, 3.8) is 0 Å². The van der Waals surface area contributed by atoms with Crippen molar-refractivity contribution in [3.8, 4) is 11.5 Å². The number of nitrogens with zero attached hydrogens (tertiary/aromatic N) is 1. The molecule has 0 spiro atoms. The van der Waals surface area contributed by atoms with Gasteiger partial charge in [-0.2, -0.15) is 0 Å². The summed E-state index contributed by atoms with van der Waals surface area (Å²) in [5.41, 5.74) is 1.80. The molecule has 0 unspecified atom stereocenters. The van der Waals surface area contributed by atoms with Gasteiger partial charge >= 0.3 is 6.09 Å². The predicted octanol–water partition coefficient (Wildman–Crippen LogP) is 4.26. The van der Waals surface area contributed by atoms with Crippen LogP contribution in [0.3, 0.4) is 0 Å². The molecule has 2 aromatic rings. The van der Waals surface area contributed by atoms with Gasteiger partial charge in [-0.05, 0) is 43.0 Å². The molecule has 3 rings (SSSR count). The van der Waals surface area contributed by atoms with Crippen LogP contribution in [-0.4, -0.2) is 56.1 Å². The van der Waals surface area contributed by atoms with Crippen LogP contribution in [0.15, 0.2) is 48.5 Å². The third-order valence-corrected chi connectivity index (χ3v) is 6.42. The normalized spacial score (nSPS) is 21.6. The van der Waals surface area contributed by atoms with Crippen molar-refractivity contribution in [2.45, 2.75) is 38.7 Å². The maximum Gasteiger partial charge on any atom is 0.409 e. The van der Waals surface area contributed by atoms with Crippen LogP contribution in [0.4, 0.5) is 4.79 Å². The van der Waals surface area contributed by atoms with Crippen molar-refractivity contribution in [1.82, 2.24) is 4.90 Å². The fourth-order valence-electron chi connectivity index (χ4n) is 4.32. The molecular formula is C25H33NO5. The van der Waals surface area contributed by atoms with Crippen molar-refractivity contribution in [2.75, 3.05) is 33.9 Å². The van der Waals surface area contributed by atoms with Gasteiger partial charge in [0.25, 0.3) is 0 Å². The van der Waals surface area contributed by atoms with E-state index in [1.807, 2.05) is 43.3 Å². The number of hydrogen-bond acceptors (Lipinski definition) is 5. The van der Waals surface area contributed by atoms with E-state index in [0.717, 1.165) is 18.4 Å². The largest absolute Gasteiger partial charge is 0.493 e. The molecular weight excluding hydrogens is 394 g/mol. The summed E-state index contributed by atoms with van der Waals surface area (Å²) in [6, 6.07) is 16.2. The number of carbonyl (C=O) groups excluding carboxylic acids is 1. The van der Waals surface area contributed by atoms with Gasteiger partial charge < -0.3 is 24.2 Å². The molecule has 1 aliphatic heterocycles. The van der Waals surface area contributed by atoms with E-state index in [0.29, 0.717) is 31.2 Å². The average Bonchev–Trinajstić information content (AvgIpc) is 3.15. The number of likely N-dealkylation sites (tertiary alicyclic amines) is 1. The lowest BCUT2D eigenvalue weighted by molar-refractivity contribution is 0.0470. The van der Waals surface area contributed by atoms with Crippen LogP contribution in [0.25, 0.3) is 0 Å². The van der Waals surface area contributed by atoms with Gasteiger partial charge in [0.15, 0.2) is 11.5 Å². The molecule has 31 heavy (non-hydrogen) atoms. The van der Waals surface area contributed by atoms with Crippen molar-refractivity contribution in [2.24, 2.45) is 5.41 Å². The summed E-state index contributed by atoms with van der Waals surface area (Å²) in [7, 11) is 3.00. The topological polar surface area (TPSA) is 68.2 Å². The Hall–Kier alpha value is -2.73. The SMILES string of the molecule is COC(=O)N1C[C@@H](c2ccc(OC)c(OCCCc3ccccc3)c2)[C@](C)([C@H](C)O)C1. The second-order valence-corrected chi connectivity index (χ2v) is 8.43. The molecule has 0 radical (unpaired) electrons. The first-order valence-corrected chi connectivity index (χ1v) is 10.7. The third-order valence-electron chi connectivity index (χ3n) is 6.42. The summed E-state index contributed by atoms with van der Waals surface area (Å²) >= 11 is 0. The maximum atomic E-state index is 12.1. The number of hydrogen-bond donors (Lipinski definition) is 1. The van der Waals surface area contributed by atoms with E-state index in [9.17, 15) is 9.90 Å². The molecule has 1 N–H and O–H groups in total. The minimum absolute atomic E-state index is 0.0517. The van der Waals surface area contributed by atoms with Crippen LogP contribution in [0.2, 0.25) is 0 Å². The van der Waals surface area contributed by atoms with Crippen molar-refractivity contribution >= 4 is 6.09 Å². The number of aryl methyl sites for hydroxylation is 1. The number of benzene rings is 2. The highest BCUT2D eigenvalue weighted by molar-refractivity contribution is 5.68. The lowest BCUT2D eigenvalue weighted by Crippen LogP contribution is -2.38.